The highest BCUT2D eigenvalue weighted by atomic mass is 31.1. The molecule has 0 aromatic heterocycles. The van der Waals surface area contributed by atoms with Gasteiger partial charge in [-0.05, 0) is 4.57 Å². The van der Waals surface area contributed by atoms with Crippen molar-refractivity contribution in [3.8, 4) is 0 Å². The number of hydrogen-bond donors (Lipinski definition) is 4. The van der Waals surface area contributed by atoms with Crippen molar-refractivity contribution in [2.45, 2.75) is 11.8 Å². The van der Waals surface area contributed by atoms with Crippen LogP contribution in [0.5, 0.6) is 0 Å². The van der Waals surface area contributed by atoms with Crippen molar-refractivity contribution < 1.29 is 29.2 Å². The number of rotatable bonds is 8. The molecule has 0 aliphatic rings. The van der Waals surface area contributed by atoms with E-state index in [0.717, 1.165) is 0 Å². The summed E-state index contributed by atoms with van der Waals surface area (Å²) in [6, 6.07) is 0. The van der Waals surface area contributed by atoms with Gasteiger partial charge in [0.2, 0.25) is 0 Å². The highest BCUT2D eigenvalue weighted by molar-refractivity contribution is 7.44. The number of aliphatic hydroxyl groups is 2. The van der Waals surface area contributed by atoms with Crippen molar-refractivity contribution in [1.82, 2.24) is 5.09 Å². The van der Waals surface area contributed by atoms with Crippen molar-refractivity contribution in [3.63, 3.8) is 0 Å². The average Bonchev–Trinajstić information content (AvgIpc) is 2.10. The van der Waals surface area contributed by atoms with E-state index in [1.807, 2.05) is 0 Å². The second kappa shape index (κ2) is 6.98. The Bertz CT molecular complexity index is 279. The molecule has 3 atom stereocenters. The second-order valence-corrected chi connectivity index (χ2v) is 6.30. The summed E-state index contributed by atoms with van der Waals surface area (Å²) in [5.41, 5.74) is -1.37. The van der Waals surface area contributed by atoms with Crippen LogP contribution in [-0.4, -0.2) is 78.4 Å². The molecule has 0 aromatic rings. The van der Waals surface area contributed by atoms with E-state index in [1.165, 1.54) is 0 Å². The molecule has 0 aliphatic carbocycles. The first-order valence-electron chi connectivity index (χ1n) is 5.21. The predicted molar refractivity (Wildman–Crippen MR) is 63.0 cm³/mol. The van der Waals surface area contributed by atoms with E-state index < -0.39 is 25.7 Å². The number of carboxylic acids is 1. The molecule has 0 radical (unpaired) electrons. The minimum absolute atomic E-state index is 0.0378. The van der Waals surface area contributed by atoms with Gasteiger partial charge in [0.15, 0.2) is 6.10 Å². The van der Waals surface area contributed by atoms with Gasteiger partial charge in [-0.25, -0.2) is 4.79 Å². The molecule has 0 fully saturated rings. The second-order valence-electron chi connectivity index (χ2n) is 4.78. The monoisotopic (exact) mass is 268 g/mol. The van der Waals surface area contributed by atoms with Gasteiger partial charge in [-0.15, -0.1) is 5.09 Å². The number of nitrogens with zero attached hydrogens (tertiary/aromatic N) is 1. The summed E-state index contributed by atoms with van der Waals surface area (Å²) in [5.74, 6) is -1.31. The molecule has 8 heteroatoms. The molecule has 4 N–H and O–H groups in total. The van der Waals surface area contributed by atoms with Gasteiger partial charge in [0, 0.05) is 0 Å². The zero-order valence-corrected chi connectivity index (χ0v) is 11.2. The zero-order valence-electron chi connectivity index (χ0n) is 10.3. The minimum atomic E-state index is -2.30. The standard InChI is InChI=1S/C9H19N2O5P/c1-11(2,3)6-7(13)8(9(14)15)17(16)10-4-5-12/h7-8,12-13H,4-6H2,1-3H3/p+2. The SMILES string of the molecule is C[N+](C)(C)CC(O)C(C(=O)O)[P+](=O)NCCO. The summed E-state index contributed by atoms with van der Waals surface area (Å²) in [4.78, 5) is 11.0. The topological polar surface area (TPSA) is 107 Å². The van der Waals surface area contributed by atoms with E-state index >= 15 is 0 Å². The largest absolute Gasteiger partial charge is 0.478 e. The number of nitrogens with one attached hydrogen (secondary N) is 1. The van der Waals surface area contributed by atoms with Gasteiger partial charge in [0.25, 0.3) is 0 Å². The Labute approximate surface area is 101 Å². The molecule has 0 amide bonds. The summed E-state index contributed by atoms with van der Waals surface area (Å²) in [6.07, 6.45) is -1.21. The van der Waals surface area contributed by atoms with Crippen LogP contribution in [-0.2, 0) is 9.36 Å². The van der Waals surface area contributed by atoms with Crippen LogP contribution in [0.25, 0.3) is 0 Å². The van der Waals surface area contributed by atoms with E-state index in [2.05, 4.69) is 5.09 Å². The fraction of sp³-hybridized carbons (Fsp3) is 0.889. The summed E-state index contributed by atoms with van der Waals surface area (Å²) in [5, 5.41) is 29.7. The van der Waals surface area contributed by atoms with Crippen LogP contribution in [0.4, 0.5) is 0 Å². The average molecular weight is 268 g/mol. The first kappa shape index (κ1) is 16.4. The van der Waals surface area contributed by atoms with Crippen LogP contribution in [0.1, 0.15) is 0 Å². The molecule has 0 rings (SSSR count). The molecule has 0 bridgehead atoms. The van der Waals surface area contributed by atoms with Gasteiger partial charge < -0.3 is 19.8 Å². The van der Waals surface area contributed by atoms with Crippen LogP contribution in [0, 0.1) is 0 Å². The van der Waals surface area contributed by atoms with E-state index in [1.54, 1.807) is 21.1 Å². The molecular formula is C9H21N2O5P+2. The van der Waals surface area contributed by atoms with Gasteiger partial charge >= 0.3 is 19.6 Å². The van der Waals surface area contributed by atoms with Crippen LogP contribution in [0.2, 0.25) is 0 Å². The number of quaternary nitrogens is 1. The normalized spacial score (nSPS) is 16.4. The summed E-state index contributed by atoms with van der Waals surface area (Å²) in [7, 11) is 3.10. The lowest BCUT2D eigenvalue weighted by Crippen LogP contribution is -2.47. The molecule has 100 valence electrons. The zero-order chi connectivity index (χ0) is 13.6. The van der Waals surface area contributed by atoms with E-state index in [9.17, 15) is 14.5 Å². The molecule has 0 heterocycles. The Balaban J connectivity index is 4.62. The fourth-order valence-corrected chi connectivity index (χ4v) is 2.47. The van der Waals surface area contributed by atoms with Gasteiger partial charge in [0.1, 0.15) is 6.54 Å². The molecule has 0 spiro atoms. The molecule has 0 saturated carbocycles. The maximum atomic E-state index is 11.6. The third kappa shape index (κ3) is 6.65. The third-order valence-corrected chi connectivity index (χ3v) is 3.59. The molecule has 17 heavy (non-hydrogen) atoms. The third-order valence-electron chi connectivity index (χ3n) is 1.98. The molecule has 7 nitrogen and oxygen atoms in total. The predicted octanol–water partition coefficient (Wildman–Crippen LogP) is -1.17. The smallest absolute Gasteiger partial charge is 0.450 e. The van der Waals surface area contributed by atoms with Crippen LogP contribution >= 0.6 is 7.95 Å². The quantitative estimate of drug-likeness (QED) is 0.326. The highest BCUT2D eigenvalue weighted by Gasteiger charge is 2.46. The fourth-order valence-electron chi connectivity index (χ4n) is 1.34. The van der Waals surface area contributed by atoms with Crippen molar-refractivity contribution in [2.24, 2.45) is 0 Å². The number of hydrogen-bond acceptors (Lipinski definition) is 4. The summed E-state index contributed by atoms with van der Waals surface area (Å²) in [6.45, 7) is -0.0201. The number of likely N-dealkylation sites (N-methyl/N-ethyl adjacent to an activating group) is 1. The van der Waals surface area contributed by atoms with Crippen molar-refractivity contribution in [2.75, 3.05) is 40.8 Å². The maximum Gasteiger partial charge on any atom is 0.450 e. The first-order valence-corrected chi connectivity index (χ1v) is 6.54. The van der Waals surface area contributed by atoms with Crippen LogP contribution in [0.3, 0.4) is 0 Å². The molecule has 0 saturated heterocycles. The van der Waals surface area contributed by atoms with Gasteiger partial charge in [-0.2, -0.15) is 0 Å². The Morgan fingerprint density at radius 2 is 1.94 bits per heavy atom. The van der Waals surface area contributed by atoms with Crippen molar-refractivity contribution in [3.05, 3.63) is 0 Å². The molecule has 0 aliphatic heterocycles. The maximum absolute atomic E-state index is 11.6. The number of aliphatic hydroxyl groups excluding tert-OH is 2. The van der Waals surface area contributed by atoms with Crippen molar-refractivity contribution >= 4 is 13.9 Å². The van der Waals surface area contributed by atoms with Gasteiger partial charge in [-0.3, -0.25) is 0 Å². The van der Waals surface area contributed by atoms with E-state index in [0.29, 0.717) is 4.48 Å². The Morgan fingerprint density at radius 1 is 1.41 bits per heavy atom. The van der Waals surface area contributed by atoms with Crippen LogP contribution < -0.4 is 5.09 Å². The lowest BCUT2D eigenvalue weighted by atomic mass is 10.2. The Kier molecular flexibility index (Phi) is 6.74. The minimum Gasteiger partial charge on any atom is -0.478 e. The molecule has 3 unspecified atom stereocenters. The lowest BCUT2D eigenvalue weighted by Gasteiger charge is -2.26. The van der Waals surface area contributed by atoms with Gasteiger partial charge in [-0.1, -0.05) is 0 Å². The van der Waals surface area contributed by atoms with Gasteiger partial charge in [0.05, 0.1) is 34.3 Å². The van der Waals surface area contributed by atoms with Crippen LogP contribution in [0.15, 0.2) is 0 Å². The number of carbonyl (C=O) groups is 1. The number of aliphatic carboxylic acids is 1. The first-order chi connectivity index (χ1) is 7.69. The Hall–Kier alpha value is -0.590. The van der Waals surface area contributed by atoms with Crippen molar-refractivity contribution in [1.29, 1.82) is 0 Å². The lowest BCUT2D eigenvalue weighted by molar-refractivity contribution is -0.873. The summed E-state index contributed by atoms with van der Waals surface area (Å²) < 4.78 is 12.0. The van der Waals surface area contributed by atoms with E-state index in [4.69, 9.17) is 10.2 Å². The molecule has 0 aromatic carbocycles. The highest BCUT2D eigenvalue weighted by Crippen LogP contribution is 2.27. The molecular weight excluding hydrogens is 247 g/mol. The van der Waals surface area contributed by atoms with E-state index in [-0.39, 0.29) is 19.7 Å². The summed E-state index contributed by atoms with van der Waals surface area (Å²) >= 11 is 0. The Morgan fingerprint density at radius 3 is 2.29 bits per heavy atom. The number of carboxylic acid groups (broad SMARTS) is 1.